The molecule has 0 spiro atoms. The van der Waals surface area contributed by atoms with Gasteiger partial charge in [-0.1, -0.05) is 0 Å². The second-order valence-corrected chi connectivity index (χ2v) is 6.19. The van der Waals surface area contributed by atoms with Crippen LogP contribution in [0.3, 0.4) is 0 Å². The Morgan fingerprint density at radius 2 is 1.71 bits per heavy atom. The monoisotopic (exact) mass is 356 g/mol. The number of non-ortho nitro benzene ring substituents is 1. The zero-order chi connectivity index (χ0) is 17.9. The number of methoxy groups -OCH3 is 2. The highest BCUT2D eigenvalue weighted by Gasteiger charge is 2.23. The Morgan fingerprint density at radius 3 is 2.29 bits per heavy atom. The van der Waals surface area contributed by atoms with E-state index < -0.39 is 25.7 Å². The summed E-state index contributed by atoms with van der Waals surface area (Å²) < 4.78 is 50.5. The maximum Gasteiger partial charge on any atom is 0.271 e. The van der Waals surface area contributed by atoms with E-state index in [0.29, 0.717) is 0 Å². The van der Waals surface area contributed by atoms with Crippen LogP contribution < -0.4 is 14.2 Å². The largest absolute Gasteiger partial charge is 0.495 e. The van der Waals surface area contributed by atoms with Crippen molar-refractivity contribution < 1.29 is 27.2 Å². The predicted molar refractivity (Wildman–Crippen MR) is 83.4 cm³/mol. The minimum Gasteiger partial charge on any atom is -0.495 e. The third-order valence-electron chi connectivity index (χ3n) is 3.05. The molecule has 10 heteroatoms. The maximum atomic E-state index is 13.4. The topological polar surface area (TPSA) is 108 Å². The van der Waals surface area contributed by atoms with Crippen molar-refractivity contribution in [3.63, 3.8) is 0 Å². The highest BCUT2D eigenvalue weighted by Crippen LogP contribution is 2.33. The molecule has 0 aliphatic heterocycles. The van der Waals surface area contributed by atoms with Crippen LogP contribution in [0.1, 0.15) is 0 Å². The molecule has 0 unspecified atom stereocenters. The molecule has 0 fully saturated rings. The third-order valence-corrected chi connectivity index (χ3v) is 4.44. The number of rotatable bonds is 6. The number of anilines is 1. The van der Waals surface area contributed by atoms with Crippen molar-refractivity contribution in [1.29, 1.82) is 0 Å². The molecule has 0 radical (unpaired) electrons. The van der Waals surface area contributed by atoms with Gasteiger partial charge in [0.2, 0.25) is 0 Å². The molecule has 0 atom stereocenters. The van der Waals surface area contributed by atoms with Gasteiger partial charge in [0.25, 0.3) is 15.7 Å². The van der Waals surface area contributed by atoms with Crippen molar-refractivity contribution in [3.05, 3.63) is 52.3 Å². The first kappa shape index (κ1) is 17.5. The number of ether oxygens (including phenoxy) is 2. The minimum atomic E-state index is -4.27. The number of nitro groups is 1. The molecule has 0 aliphatic carbocycles. The van der Waals surface area contributed by atoms with Crippen molar-refractivity contribution in [2.45, 2.75) is 4.90 Å². The van der Waals surface area contributed by atoms with Crippen LogP contribution in [-0.2, 0) is 10.0 Å². The van der Waals surface area contributed by atoms with Gasteiger partial charge in [-0.3, -0.25) is 14.8 Å². The molecule has 0 bridgehead atoms. The van der Waals surface area contributed by atoms with Gasteiger partial charge in [-0.15, -0.1) is 0 Å². The Labute approximate surface area is 137 Å². The van der Waals surface area contributed by atoms with Crippen molar-refractivity contribution in [2.75, 3.05) is 18.9 Å². The highest BCUT2D eigenvalue weighted by molar-refractivity contribution is 7.92. The molecular formula is C14H13FN2O6S. The summed E-state index contributed by atoms with van der Waals surface area (Å²) in [6, 6.07) is 6.41. The smallest absolute Gasteiger partial charge is 0.271 e. The molecule has 0 amide bonds. The third kappa shape index (κ3) is 3.54. The molecule has 0 heterocycles. The van der Waals surface area contributed by atoms with Crippen LogP contribution in [0, 0.1) is 15.9 Å². The van der Waals surface area contributed by atoms with Crippen LogP contribution in [0.25, 0.3) is 0 Å². The fourth-order valence-electron chi connectivity index (χ4n) is 1.95. The van der Waals surface area contributed by atoms with E-state index in [2.05, 4.69) is 4.72 Å². The van der Waals surface area contributed by atoms with Crippen LogP contribution in [-0.4, -0.2) is 27.6 Å². The van der Waals surface area contributed by atoms with E-state index in [1.807, 2.05) is 0 Å². The van der Waals surface area contributed by atoms with E-state index in [1.54, 1.807) is 0 Å². The van der Waals surface area contributed by atoms with Crippen molar-refractivity contribution >= 4 is 21.4 Å². The van der Waals surface area contributed by atoms with Gasteiger partial charge < -0.3 is 9.47 Å². The second-order valence-electron chi connectivity index (χ2n) is 4.54. The Morgan fingerprint density at radius 1 is 1.08 bits per heavy atom. The number of nitrogens with zero attached hydrogens (tertiary/aromatic N) is 1. The van der Waals surface area contributed by atoms with Gasteiger partial charge in [0, 0.05) is 12.1 Å². The first-order valence-electron chi connectivity index (χ1n) is 6.47. The summed E-state index contributed by atoms with van der Waals surface area (Å²) in [5, 5.41) is 10.9. The summed E-state index contributed by atoms with van der Waals surface area (Å²) in [7, 11) is -1.76. The standard InChI is InChI=1S/C14H13FN2O6S/c1-22-12-6-4-10(17(18)19)8-11(12)16-24(20,21)14-7-9(15)3-5-13(14)23-2/h3-8,16H,1-2H3. The molecule has 2 aromatic carbocycles. The Hall–Kier alpha value is -2.88. The average Bonchev–Trinajstić information content (AvgIpc) is 2.54. The first-order valence-corrected chi connectivity index (χ1v) is 7.95. The van der Waals surface area contributed by atoms with Crippen LogP contribution in [0.4, 0.5) is 15.8 Å². The van der Waals surface area contributed by atoms with Crippen molar-refractivity contribution in [3.8, 4) is 11.5 Å². The summed E-state index contributed by atoms with van der Waals surface area (Å²) in [5.41, 5.74) is -0.488. The minimum absolute atomic E-state index is 0.0690. The van der Waals surface area contributed by atoms with Crippen LogP contribution in [0.5, 0.6) is 11.5 Å². The summed E-state index contributed by atoms with van der Waals surface area (Å²) in [6.45, 7) is 0. The summed E-state index contributed by atoms with van der Waals surface area (Å²) in [5.74, 6) is -0.782. The van der Waals surface area contributed by atoms with Gasteiger partial charge >= 0.3 is 0 Å². The van der Waals surface area contributed by atoms with Crippen LogP contribution in [0.15, 0.2) is 41.3 Å². The lowest BCUT2D eigenvalue weighted by Gasteiger charge is -2.13. The Balaban J connectivity index is 2.52. The molecular weight excluding hydrogens is 343 g/mol. The molecule has 8 nitrogen and oxygen atoms in total. The Kier molecular flexibility index (Phi) is 4.88. The zero-order valence-corrected chi connectivity index (χ0v) is 13.5. The first-order chi connectivity index (χ1) is 11.3. The molecule has 0 aromatic heterocycles. The normalized spacial score (nSPS) is 11.0. The summed E-state index contributed by atoms with van der Waals surface area (Å²) in [4.78, 5) is 9.73. The number of sulfonamides is 1. The molecule has 0 saturated carbocycles. The molecule has 1 N–H and O–H groups in total. The number of nitrogens with one attached hydrogen (secondary N) is 1. The number of halogens is 1. The van der Waals surface area contributed by atoms with E-state index in [1.165, 1.54) is 26.4 Å². The number of benzene rings is 2. The average molecular weight is 356 g/mol. The molecule has 2 rings (SSSR count). The fraction of sp³-hybridized carbons (Fsp3) is 0.143. The van der Waals surface area contributed by atoms with Crippen molar-refractivity contribution in [1.82, 2.24) is 0 Å². The predicted octanol–water partition coefficient (Wildman–Crippen LogP) is 2.55. The summed E-state index contributed by atoms with van der Waals surface area (Å²) >= 11 is 0. The number of hydrogen-bond acceptors (Lipinski definition) is 6. The van der Waals surface area contributed by atoms with E-state index >= 15 is 0 Å². The fourth-order valence-corrected chi connectivity index (χ4v) is 3.19. The quantitative estimate of drug-likeness (QED) is 0.629. The van der Waals surface area contributed by atoms with Gasteiger partial charge in [-0.25, -0.2) is 12.8 Å². The highest BCUT2D eigenvalue weighted by atomic mass is 32.2. The van der Waals surface area contributed by atoms with Crippen LogP contribution >= 0.6 is 0 Å². The second kappa shape index (κ2) is 6.71. The maximum absolute atomic E-state index is 13.4. The molecule has 0 aliphatic rings. The van der Waals surface area contributed by atoms with Crippen molar-refractivity contribution in [2.24, 2.45) is 0 Å². The van der Waals surface area contributed by atoms with E-state index in [0.717, 1.165) is 24.3 Å². The Bertz CT molecular complexity index is 885. The lowest BCUT2D eigenvalue weighted by atomic mass is 10.2. The van der Waals surface area contributed by atoms with Gasteiger partial charge in [0.1, 0.15) is 22.2 Å². The van der Waals surface area contributed by atoms with E-state index in [-0.39, 0.29) is 22.9 Å². The molecule has 2 aromatic rings. The summed E-state index contributed by atoms with van der Waals surface area (Å²) in [6.07, 6.45) is 0. The number of hydrogen-bond donors (Lipinski definition) is 1. The lowest BCUT2D eigenvalue weighted by molar-refractivity contribution is -0.384. The number of nitro benzene ring substituents is 1. The molecule has 0 saturated heterocycles. The molecule has 24 heavy (non-hydrogen) atoms. The van der Waals surface area contributed by atoms with Gasteiger partial charge in [0.05, 0.1) is 24.8 Å². The van der Waals surface area contributed by atoms with Crippen LogP contribution in [0.2, 0.25) is 0 Å². The van der Waals surface area contributed by atoms with E-state index in [9.17, 15) is 22.9 Å². The van der Waals surface area contributed by atoms with Gasteiger partial charge in [-0.2, -0.15) is 0 Å². The lowest BCUT2D eigenvalue weighted by Crippen LogP contribution is -2.15. The molecule has 128 valence electrons. The van der Waals surface area contributed by atoms with Gasteiger partial charge in [-0.05, 0) is 24.3 Å². The zero-order valence-electron chi connectivity index (χ0n) is 12.6. The van der Waals surface area contributed by atoms with E-state index in [4.69, 9.17) is 9.47 Å². The SMILES string of the molecule is COc1ccc([N+](=O)[O-])cc1NS(=O)(=O)c1cc(F)ccc1OC. The van der Waals surface area contributed by atoms with Gasteiger partial charge in [0.15, 0.2) is 0 Å².